The highest BCUT2D eigenvalue weighted by Gasteiger charge is 2.39. The van der Waals surface area contributed by atoms with Gasteiger partial charge in [-0.3, -0.25) is 14.5 Å². The van der Waals surface area contributed by atoms with Crippen LogP contribution in [0.15, 0.2) is 17.5 Å². The summed E-state index contributed by atoms with van der Waals surface area (Å²) in [7, 11) is 0. The zero-order valence-electron chi connectivity index (χ0n) is 13.7. The number of nitrogens with one attached hydrogen (secondary N) is 1. The topological polar surface area (TPSA) is 52.7 Å². The third-order valence-corrected chi connectivity index (χ3v) is 5.83. The lowest BCUT2D eigenvalue weighted by molar-refractivity contribution is -0.130. The summed E-state index contributed by atoms with van der Waals surface area (Å²) in [5.74, 6) is 0.249. The van der Waals surface area contributed by atoms with Crippen molar-refractivity contribution in [1.29, 1.82) is 0 Å². The molecule has 3 rings (SSSR count). The Bertz CT molecular complexity index is 546. The highest BCUT2D eigenvalue weighted by molar-refractivity contribution is 7.09. The molecule has 2 aliphatic rings. The van der Waals surface area contributed by atoms with E-state index in [0.717, 1.165) is 38.8 Å². The van der Waals surface area contributed by atoms with E-state index in [4.69, 9.17) is 0 Å². The van der Waals surface area contributed by atoms with Gasteiger partial charge in [0.05, 0.1) is 13.1 Å². The maximum atomic E-state index is 12.2. The van der Waals surface area contributed by atoms with Crippen molar-refractivity contribution in [3.05, 3.63) is 22.4 Å². The molecule has 23 heavy (non-hydrogen) atoms. The summed E-state index contributed by atoms with van der Waals surface area (Å²) in [4.78, 5) is 29.5. The van der Waals surface area contributed by atoms with Crippen LogP contribution < -0.4 is 5.32 Å². The van der Waals surface area contributed by atoms with Crippen LogP contribution in [0.3, 0.4) is 0 Å². The van der Waals surface area contributed by atoms with Gasteiger partial charge in [0.2, 0.25) is 11.8 Å². The molecule has 5 nitrogen and oxygen atoms in total. The molecule has 3 heterocycles. The van der Waals surface area contributed by atoms with Crippen LogP contribution in [0.4, 0.5) is 0 Å². The average molecular weight is 335 g/mol. The van der Waals surface area contributed by atoms with Gasteiger partial charge < -0.3 is 10.2 Å². The lowest BCUT2D eigenvalue weighted by Gasteiger charge is -2.34. The molecular formula is C17H25N3O2S. The number of carbonyl (C=O) groups is 2. The third kappa shape index (κ3) is 3.93. The molecule has 0 aliphatic carbocycles. The molecule has 0 radical (unpaired) electrons. The lowest BCUT2D eigenvalue weighted by atomic mass is 10.0. The first-order valence-corrected chi connectivity index (χ1v) is 9.33. The minimum atomic E-state index is 0.0812. The van der Waals surface area contributed by atoms with E-state index in [9.17, 15) is 9.59 Å². The number of thiophene rings is 1. The number of carbonyl (C=O) groups excluding carboxylic acids is 2. The van der Waals surface area contributed by atoms with Crippen molar-refractivity contribution in [1.82, 2.24) is 15.1 Å². The van der Waals surface area contributed by atoms with Gasteiger partial charge in [-0.1, -0.05) is 6.07 Å². The maximum Gasteiger partial charge on any atom is 0.234 e. The quantitative estimate of drug-likeness (QED) is 0.893. The zero-order chi connectivity index (χ0) is 16.2. The Morgan fingerprint density at radius 3 is 2.78 bits per heavy atom. The summed E-state index contributed by atoms with van der Waals surface area (Å²) in [5, 5.41) is 5.03. The second kappa shape index (κ2) is 7.45. The Labute approximate surface area is 141 Å². The lowest BCUT2D eigenvalue weighted by Crippen LogP contribution is -2.50. The number of likely N-dealkylation sites (tertiary alicyclic amines) is 2. The molecule has 2 fully saturated rings. The van der Waals surface area contributed by atoms with E-state index in [1.807, 2.05) is 22.4 Å². The first-order chi connectivity index (χ1) is 11.1. The first-order valence-electron chi connectivity index (χ1n) is 8.45. The van der Waals surface area contributed by atoms with Crippen LogP contribution in [0, 0.1) is 0 Å². The first kappa shape index (κ1) is 16.5. The molecule has 1 aromatic heterocycles. The van der Waals surface area contributed by atoms with E-state index < -0.39 is 0 Å². The maximum absolute atomic E-state index is 12.2. The summed E-state index contributed by atoms with van der Waals surface area (Å²) >= 11 is 1.66. The van der Waals surface area contributed by atoms with E-state index in [0.29, 0.717) is 25.2 Å². The fourth-order valence-electron chi connectivity index (χ4n) is 3.91. The van der Waals surface area contributed by atoms with Crippen molar-refractivity contribution in [2.24, 2.45) is 0 Å². The molecule has 2 aliphatic heterocycles. The molecule has 1 N–H and O–H groups in total. The van der Waals surface area contributed by atoms with Crippen LogP contribution in [0.1, 0.15) is 37.5 Å². The van der Waals surface area contributed by atoms with Gasteiger partial charge >= 0.3 is 0 Å². The van der Waals surface area contributed by atoms with Crippen molar-refractivity contribution in [3.63, 3.8) is 0 Å². The monoisotopic (exact) mass is 335 g/mol. The average Bonchev–Trinajstić information content (AvgIpc) is 3.25. The summed E-state index contributed by atoms with van der Waals surface area (Å²) in [6, 6.07) is 4.67. The molecule has 0 unspecified atom stereocenters. The molecule has 1 aromatic rings. The Balaban J connectivity index is 1.54. The van der Waals surface area contributed by atoms with Gasteiger partial charge in [0.25, 0.3) is 0 Å². The highest BCUT2D eigenvalue weighted by atomic mass is 32.1. The smallest absolute Gasteiger partial charge is 0.234 e. The molecule has 2 atom stereocenters. The van der Waals surface area contributed by atoms with Crippen LogP contribution in [-0.4, -0.2) is 53.3 Å². The zero-order valence-corrected chi connectivity index (χ0v) is 14.5. The predicted molar refractivity (Wildman–Crippen MR) is 91.2 cm³/mol. The number of hydrogen-bond acceptors (Lipinski definition) is 4. The Hall–Kier alpha value is -1.40. The number of nitrogens with zero attached hydrogens (tertiary/aromatic N) is 2. The normalized spacial score (nSPS) is 25.0. The summed E-state index contributed by atoms with van der Waals surface area (Å²) in [5.41, 5.74) is 0. The summed E-state index contributed by atoms with van der Waals surface area (Å²) < 4.78 is 0. The van der Waals surface area contributed by atoms with Crippen LogP contribution in [0.25, 0.3) is 0 Å². The minimum Gasteiger partial charge on any atom is -0.350 e. The third-order valence-electron chi connectivity index (χ3n) is 4.95. The molecule has 126 valence electrons. The summed E-state index contributed by atoms with van der Waals surface area (Å²) in [6.45, 7) is 4.54. The second-order valence-corrected chi connectivity index (χ2v) is 7.49. The fourth-order valence-corrected chi connectivity index (χ4v) is 4.55. The molecule has 0 spiro atoms. The molecule has 2 saturated heterocycles. The van der Waals surface area contributed by atoms with E-state index >= 15 is 0 Å². The number of rotatable bonds is 5. The van der Waals surface area contributed by atoms with Gasteiger partial charge in [0.1, 0.15) is 0 Å². The Morgan fingerprint density at radius 1 is 1.26 bits per heavy atom. The number of amides is 2. The van der Waals surface area contributed by atoms with Gasteiger partial charge in [-0.2, -0.15) is 0 Å². The molecule has 2 amide bonds. The summed E-state index contributed by atoms with van der Waals surface area (Å²) in [6.07, 6.45) is 4.36. The van der Waals surface area contributed by atoms with E-state index in [2.05, 4.69) is 10.2 Å². The Kier molecular flexibility index (Phi) is 5.33. The molecule has 6 heteroatoms. The second-order valence-electron chi connectivity index (χ2n) is 6.46. The van der Waals surface area contributed by atoms with Crippen molar-refractivity contribution >= 4 is 23.2 Å². The number of hydrogen-bond donors (Lipinski definition) is 1. The van der Waals surface area contributed by atoms with Crippen molar-refractivity contribution in [2.75, 3.05) is 19.6 Å². The Morgan fingerprint density at radius 2 is 2.04 bits per heavy atom. The van der Waals surface area contributed by atoms with E-state index in [1.54, 1.807) is 18.3 Å². The van der Waals surface area contributed by atoms with Crippen molar-refractivity contribution in [3.8, 4) is 0 Å². The van der Waals surface area contributed by atoms with Crippen LogP contribution in [0.2, 0.25) is 0 Å². The van der Waals surface area contributed by atoms with Crippen LogP contribution in [-0.2, 0) is 16.1 Å². The minimum absolute atomic E-state index is 0.0812. The van der Waals surface area contributed by atoms with Gasteiger partial charge in [-0.25, -0.2) is 0 Å². The van der Waals surface area contributed by atoms with Crippen molar-refractivity contribution < 1.29 is 9.59 Å². The fraction of sp³-hybridized carbons (Fsp3) is 0.647. The molecular weight excluding hydrogens is 310 g/mol. The van der Waals surface area contributed by atoms with Gasteiger partial charge in [0, 0.05) is 30.4 Å². The van der Waals surface area contributed by atoms with Gasteiger partial charge in [-0.15, -0.1) is 11.3 Å². The predicted octanol–water partition coefficient (Wildman–Crippen LogP) is 1.84. The van der Waals surface area contributed by atoms with Gasteiger partial charge in [-0.05, 0) is 43.7 Å². The molecule has 0 bridgehead atoms. The van der Waals surface area contributed by atoms with Gasteiger partial charge in [0.15, 0.2) is 0 Å². The van der Waals surface area contributed by atoms with Crippen molar-refractivity contribution in [2.45, 2.75) is 51.2 Å². The molecule has 0 aromatic carbocycles. The van der Waals surface area contributed by atoms with Crippen LogP contribution in [0.5, 0.6) is 0 Å². The van der Waals surface area contributed by atoms with Crippen LogP contribution >= 0.6 is 11.3 Å². The SMILES string of the molecule is CC(=O)N1CCC[C@H]1[C@H]1CCCN1CC(=O)NCc1cccs1. The molecule has 0 saturated carbocycles. The highest BCUT2D eigenvalue weighted by Crippen LogP contribution is 2.29. The standard InChI is InChI=1S/C17H25N3O2S/c1-13(21)20-9-3-7-16(20)15-6-2-8-19(15)12-17(22)18-11-14-5-4-10-23-14/h4-5,10,15-16H,2-3,6-9,11-12H2,1H3,(H,18,22)/t15-,16+/m1/s1. The van der Waals surface area contributed by atoms with E-state index in [1.165, 1.54) is 4.88 Å². The van der Waals surface area contributed by atoms with E-state index in [-0.39, 0.29) is 11.8 Å². The largest absolute Gasteiger partial charge is 0.350 e.